The number of hydrogen-bond acceptors (Lipinski definition) is 17. The van der Waals surface area contributed by atoms with Gasteiger partial charge in [-0.3, -0.25) is 14.4 Å². The van der Waals surface area contributed by atoms with Crippen LogP contribution in [0.3, 0.4) is 0 Å². The summed E-state index contributed by atoms with van der Waals surface area (Å²) in [5.41, 5.74) is -0.428. The van der Waals surface area contributed by atoms with Gasteiger partial charge in [0.15, 0.2) is 18.7 Å². The summed E-state index contributed by atoms with van der Waals surface area (Å²) in [5, 5.41) is 37.7. The van der Waals surface area contributed by atoms with Crippen molar-refractivity contribution in [2.45, 2.75) is 172 Å². The van der Waals surface area contributed by atoms with Gasteiger partial charge in [0.2, 0.25) is 0 Å². The fourth-order valence-corrected chi connectivity index (χ4v) is 10.2. The van der Waals surface area contributed by atoms with Gasteiger partial charge in [-0.05, 0) is 101 Å². The largest absolute Gasteiger partial charge is 0.466 e. The van der Waals surface area contributed by atoms with Gasteiger partial charge in [0.05, 0.1) is 43.5 Å². The molecule has 2 aromatic carbocycles. The Morgan fingerprint density at radius 2 is 1.61 bits per heavy atom. The number of esters is 3. The molecule has 392 valence electrons. The SMILES string of the molecule is CCC(=O)O[C@@H]1CC(=O)OCCC(CC=Cc2ccc3ccccc3c2)CN(C)C[C@H](O)[C@H](C)C[C@H](CC=O)[C@H](O[C@@H]2OC(C)[C@@H](O[C@H]3CC(C)(O)[C@@H](OC(=O)CC)C(C)O3)C(N(C)C)C2O)[C@H]1OC. The summed E-state index contributed by atoms with van der Waals surface area (Å²) in [6, 6.07) is 13.7. The molecule has 3 heterocycles. The number of hydrogen-bond donors (Lipinski definition) is 3. The molecule has 2 aromatic rings. The third-order valence-electron chi connectivity index (χ3n) is 14.0. The first kappa shape index (κ1) is 57.0. The van der Waals surface area contributed by atoms with E-state index in [0.717, 1.165) is 22.6 Å². The monoisotopic (exact) mass is 985 g/mol. The summed E-state index contributed by atoms with van der Waals surface area (Å²) in [4.78, 5) is 55.5. The molecule has 3 aliphatic rings. The number of likely N-dealkylation sites (N-methyl/N-ethyl adjacent to an activating group) is 2. The second-order valence-electron chi connectivity index (χ2n) is 20.0. The Bertz CT molecular complexity index is 2020. The van der Waals surface area contributed by atoms with Gasteiger partial charge in [0.1, 0.15) is 36.3 Å². The van der Waals surface area contributed by atoms with Gasteiger partial charge in [-0.25, -0.2) is 0 Å². The van der Waals surface area contributed by atoms with Crippen molar-refractivity contribution in [3.8, 4) is 0 Å². The highest BCUT2D eigenvalue weighted by atomic mass is 16.7. The minimum atomic E-state index is -1.50. The molecule has 0 bridgehead atoms. The number of rotatable bonds is 15. The van der Waals surface area contributed by atoms with Crippen molar-refractivity contribution in [2.24, 2.45) is 17.8 Å². The molecule has 3 N–H and O–H groups in total. The molecule has 0 aromatic heterocycles. The zero-order valence-corrected chi connectivity index (χ0v) is 42.8. The topological polar surface area (TPSA) is 209 Å². The molecule has 0 saturated carbocycles. The number of fused-ring (bicyclic) bond motifs is 1. The van der Waals surface area contributed by atoms with Gasteiger partial charge in [0, 0.05) is 45.9 Å². The number of benzene rings is 2. The molecule has 70 heavy (non-hydrogen) atoms. The Morgan fingerprint density at radius 1 is 0.914 bits per heavy atom. The number of nitrogens with zero attached hydrogens (tertiary/aromatic N) is 2. The lowest BCUT2D eigenvalue weighted by Gasteiger charge is -2.50. The number of allylic oxidation sites excluding steroid dienone is 1. The first-order valence-electron chi connectivity index (χ1n) is 25.0. The minimum absolute atomic E-state index is 0.00620. The number of aldehydes is 1. The number of β-amino-alcohol motifs (C(OH)–C–C–N with tert-alkyl or cyclic N) is 1. The first-order valence-corrected chi connectivity index (χ1v) is 25.0. The number of aliphatic hydroxyl groups excluding tert-OH is 2. The molecule has 0 spiro atoms. The maximum atomic E-state index is 13.8. The smallest absolute Gasteiger partial charge is 0.309 e. The van der Waals surface area contributed by atoms with Crippen molar-refractivity contribution in [3.63, 3.8) is 0 Å². The van der Waals surface area contributed by atoms with E-state index in [4.69, 9.17) is 37.9 Å². The van der Waals surface area contributed by atoms with E-state index in [1.807, 2.05) is 26.1 Å². The van der Waals surface area contributed by atoms with Gasteiger partial charge in [-0.1, -0.05) is 69.3 Å². The Labute approximate surface area is 414 Å². The van der Waals surface area contributed by atoms with Crippen molar-refractivity contribution < 1.29 is 72.4 Å². The number of aliphatic hydroxyl groups is 3. The van der Waals surface area contributed by atoms with E-state index in [9.17, 15) is 34.5 Å². The number of ether oxygens (including phenoxy) is 8. The van der Waals surface area contributed by atoms with Crippen LogP contribution >= 0.6 is 0 Å². The Balaban J connectivity index is 1.40. The van der Waals surface area contributed by atoms with Crippen LogP contribution < -0.4 is 0 Å². The van der Waals surface area contributed by atoms with Crippen LogP contribution in [0.15, 0.2) is 48.5 Å². The van der Waals surface area contributed by atoms with Crippen molar-refractivity contribution in [3.05, 3.63) is 54.1 Å². The molecule has 16 atom stereocenters. The summed E-state index contributed by atoms with van der Waals surface area (Å²) in [6.07, 6.45) is -5.42. The van der Waals surface area contributed by atoms with Gasteiger partial charge in [-0.2, -0.15) is 0 Å². The normalized spacial score (nSPS) is 35.6. The maximum absolute atomic E-state index is 13.8. The lowest BCUT2D eigenvalue weighted by molar-refractivity contribution is -0.344. The maximum Gasteiger partial charge on any atom is 0.309 e. The highest BCUT2D eigenvalue weighted by Gasteiger charge is 2.53. The van der Waals surface area contributed by atoms with Crippen molar-refractivity contribution >= 4 is 41.0 Å². The van der Waals surface area contributed by atoms with Crippen LogP contribution in [0.1, 0.15) is 98.5 Å². The molecule has 5 rings (SSSR count). The molecule has 17 nitrogen and oxygen atoms in total. The van der Waals surface area contributed by atoms with Gasteiger partial charge < -0.3 is 67.8 Å². The van der Waals surface area contributed by atoms with Gasteiger partial charge in [0.25, 0.3) is 0 Å². The van der Waals surface area contributed by atoms with E-state index in [0.29, 0.717) is 25.9 Å². The van der Waals surface area contributed by atoms with Crippen LogP contribution in [0.25, 0.3) is 16.8 Å². The van der Waals surface area contributed by atoms with Crippen LogP contribution in [0, 0.1) is 17.8 Å². The molecule has 3 fully saturated rings. The molecule has 0 amide bonds. The minimum Gasteiger partial charge on any atom is -0.466 e. The Kier molecular flexibility index (Phi) is 21.8. The van der Waals surface area contributed by atoms with Crippen LogP contribution in [0.2, 0.25) is 0 Å². The predicted molar refractivity (Wildman–Crippen MR) is 261 cm³/mol. The van der Waals surface area contributed by atoms with Crippen LogP contribution in [0.4, 0.5) is 0 Å². The van der Waals surface area contributed by atoms with E-state index in [1.165, 1.54) is 7.11 Å². The summed E-state index contributed by atoms with van der Waals surface area (Å²) in [7, 11) is 6.85. The zero-order chi connectivity index (χ0) is 51.3. The summed E-state index contributed by atoms with van der Waals surface area (Å²) >= 11 is 0. The average molecular weight is 985 g/mol. The number of carbonyl (C=O) groups excluding carboxylic acids is 4. The van der Waals surface area contributed by atoms with Crippen LogP contribution in [-0.4, -0.2) is 176 Å². The highest BCUT2D eigenvalue weighted by Crippen LogP contribution is 2.38. The molecule has 0 radical (unpaired) electrons. The fourth-order valence-electron chi connectivity index (χ4n) is 10.2. The number of methoxy groups -OCH3 is 1. The standard InChI is InChI=1S/C53H80N2O15/c1-11-42(58)67-41-28-44(60)64-25-23-36(17-15-16-35-20-21-37-18-13-14-19-38(37)27-35)30-55(9)31-40(57)32(3)26-39(22-24-56)49(50(41)63-10)70-52-47(61)46(54(7)8)48(33(4)66-52)69-45-29-53(6,62)51(34(5)65-45)68-43(59)12-2/h13-16,18-21,24,27,32-34,36,39-41,45-52,57,61-62H,11-12,17,22-23,25-26,28-31H2,1-10H3/t32-,33?,34?,36?,39+,40+,41-,45+,46?,47?,48-,49+,50+,51+,52+,53?/m1/s1. The fraction of sp³-hybridized carbons (Fsp3) is 0.698. The number of carbonyl (C=O) groups is 4. The lowest BCUT2D eigenvalue weighted by Crippen LogP contribution is -2.66. The average Bonchev–Trinajstić information content (AvgIpc) is 3.30. The number of cyclic esters (lactones) is 1. The second kappa shape index (κ2) is 26.7. The molecule has 3 aliphatic heterocycles. The van der Waals surface area contributed by atoms with Crippen LogP contribution in [0.5, 0.6) is 0 Å². The molecular weight excluding hydrogens is 905 g/mol. The summed E-state index contributed by atoms with van der Waals surface area (Å²) in [6.45, 7) is 11.2. The van der Waals surface area contributed by atoms with E-state index in [1.54, 1.807) is 53.6 Å². The van der Waals surface area contributed by atoms with Gasteiger partial charge in [-0.15, -0.1) is 0 Å². The lowest BCUT2D eigenvalue weighted by atomic mass is 9.82. The Morgan fingerprint density at radius 3 is 2.27 bits per heavy atom. The third kappa shape index (κ3) is 15.6. The highest BCUT2D eigenvalue weighted by molar-refractivity contribution is 5.84. The van der Waals surface area contributed by atoms with Crippen LogP contribution in [-0.2, 0) is 57.1 Å². The molecule has 3 saturated heterocycles. The Hall–Kier alpha value is -3.88. The third-order valence-corrected chi connectivity index (χ3v) is 14.0. The van der Waals surface area contributed by atoms with E-state index < -0.39 is 109 Å². The molecule has 6 unspecified atom stereocenters. The van der Waals surface area contributed by atoms with Crippen molar-refractivity contribution in [2.75, 3.05) is 47.9 Å². The second-order valence-corrected chi connectivity index (χ2v) is 20.0. The quantitative estimate of drug-likeness (QED) is 0.121. The van der Waals surface area contributed by atoms with Crippen molar-refractivity contribution in [1.82, 2.24) is 9.80 Å². The van der Waals surface area contributed by atoms with Crippen molar-refractivity contribution in [1.29, 1.82) is 0 Å². The molecule has 0 aliphatic carbocycles. The summed E-state index contributed by atoms with van der Waals surface area (Å²) < 4.78 is 49.3. The van der Waals surface area contributed by atoms with Gasteiger partial charge >= 0.3 is 17.9 Å². The zero-order valence-electron chi connectivity index (χ0n) is 42.8. The predicted octanol–water partition coefficient (Wildman–Crippen LogP) is 5.07. The van der Waals surface area contributed by atoms with E-state index >= 15 is 0 Å². The molecular formula is C53H80N2O15. The summed E-state index contributed by atoms with van der Waals surface area (Å²) in [5.74, 6) is -2.73. The van der Waals surface area contributed by atoms with E-state index in [2.05, 4.69) is 47.4 Å². The first-order chi connectivity index (χ1) is 33.3. The van der Waals surface area contributed by atoms with E-state index in [-0.39, 0.29) is 50.5 Å². The molecule has 17 heteroatoms.